The molecule has 1 heterocycles. The molecule has 7 nitrogen and oxygen atoms in total. The number of benzene rings is 2. The van der Waals surface area contributed by atoms with Crippen molar-refractivity contribution in [3.8, 4) is 5.75 Å². The van der Waals surface area contributed by atoms with Crippen LogP contribution in [-0.2, 0) is 20.9 Å². The molecule has 0 fully saturated rings. The van der Waals surface area contributed by atoms with E-state index in [0.29, 0.717) is 23.1 Å². The molecule has 0 spiro atoms. The van der Waals surface area contributed by atoms with Gasteiger partial charge < -0.3 is 18.8 Å². The standard InChI is InChI=1S/C20H20N2O5S/c1-22(11-14-7-3-5-9-16(14)25-2)18(23)12-26-19(24)13-28-20-21-15-8-4-6-10-17(15)27-20/h3-10H,11-13H2,1-2H3. The number of rotatable bonds is 8. The van der Waals surface area contributed by atoms with Gasteiger partial charge in [0.15, 0.2) is 12.2 Å². The second kappa shape index (κ2) is 9.27. The van der Waals surface area contributed by atoms with Crippen molar-refractivity contribution >= 4 is 34.7 Å². The zero-order valence-corrected chi connectivity index (χ0v) is 16.4. The molecule has 0 aliphatic carbocycles. The summed E-state index contributed by atoms with van der Waals surface area (Å²) in [4.78, 5) is 29.9. The minimum atomic E-state index is -0.508. The van der Waals surface area contributed by atoms with Crippen molar-refractivity contribution in [2.75, 3.05) is 26.5 Å². The van der Waals surface area contributed by atoms with Crippen molar-refractivity contribution in [3.63, 3.8) is 0 Å². The van der Waals surface area contributed by atoms with Gasteiger partial charge in [0.05, 0.1) is 7.11 Å². The maximum absolute atomic E-state index is 12.2. The van der Waals surface area contributed by atoms with Gasteiger partial charge in [-0.1, -0.05) is 42.1 Å². The van der Waals surface area contributed by atoms with E-state index in [-0.39, 0.29) is 18.3 Å². The molecule has 0 N–H and O–H groups in total. The zero-order chi connectivity index (χ0) is 19.9. The van der Waals surface area contributed by atoms with E-state index in [1.165, 1.54) is 4.90 Å². The normalized spacial score (nSPS) is 10.6. The maximum Gasteiger partial charge on any atom is 0.316 e. The van der Waals surface area contributed by atoms with Crippen molar-refractivity contribution < 1.29 is 23.5 Å². The fourth-order valence-electron chi connectivity index (χ4n) is 2.50. The molecule has 0 unspecified atom stereocenters. The van der Waals surface area contributed by atoms with Gasteiger partial charge in [-0.2, -0.15) is 0 Å². The first kappa shape index (κ1) is 19.8. The number of fused-ring (bicyclic) bond motifs is 1. The van der Waals surface area contributed by atoms with E-state index in [0.717, 1.165) is 22.8 Å². The smallest absolute Gasteiger partial charge is 0.316 e. The molecule has 0 radical (unpaired) electrons. The van der Waals surface area contributed by atoms with Gasteiger partial charge in [0.2, 0.25) is 0 Å². The summed E-state index contributed by atoms with van der Waals surface area (Å²) < 4.78 is 15.9. The summed E-state index contributed by atoms with van der Waals surface area (Å²) in [5.74, 6) is -0.0950. The summed E-state index contributed by atoms with van der Waals surface area (Å²) in [5, 5.41) is 0.387. The molecule has 0 aliphatic heterocycles. The molecule has 0 atom stereocenters. The molecule has 3 rings (SSSR count). The topological polar surface area (TPSA) is 81.9 Å². The number of oxazole rings is 1. The fraction of sp³-hybridized carbons (Fsp3) is 0.250. The molecule has 3 aromatic rings. The molecule has 0 saturated carbocycles. The largest absolute Gasteiger partial charge is 0.496 e. The number of likely N-dealkylation sites (N-methyl/N-ethyl adjacent to an activating group) is 1. The molecular weight excluding hydrogens is 380 g/mol. The van der Waals surface area contributed by atoms with Crippen LogP contribution in [-0.4, -0.2) is 48.3 Å². The first-order chi connectivity index (χ1) is 13.6. The van der Waals surface area contributed by atoms with Crippen LogP contribution in [0, 0.1) is 0 Å². The van der Waals surface area contributed by atoms with E-state index in [1.807, 2.05) is 42.5 Å². The average molecular weight is 400 g/mol. The molecule has 0 bridgehead atoms. The predicted octanol–water partition coefficient (Wildman–Crippen LogP) is 3.13. The van der Waals surface area contributed by atoms with Crippen molar-refractivity contribution in [2.45, 2.75) is 11.8 Å². The second-order valence-electron chi connectivity index (χ2n) is 5.96. The molecule has 2 aromatic carbocycles. The van der Waals surface area contributed by atoms with E-state index in [4.69, 9.17) is 13.9 Å². The number of aromatic nitrogens is 1. The van der Waals surface area contributed by atoms with Crippen LogP contribution < -0.4 is 4.74 Å². The summed E-state index contributed by atoms with van der Waals surface area (Å²) in [6, 6.07) is 14.8. The third kappa shape index (κ3) is 5.04. The van der Waals surface area contributed by atoms with Gasteiger partial charge in [0.25, 0.3) is 11.1 Å². The molecule has 28 heavy (non-hydrogen) atoms. The van der Waals surface area contributed by atoms with Crippen LogP contribution >= 0.6 is 11.8 Å². The lowest BCUT2D eigenvalue weighted by atomic mass is 10.2. The van der Waals surface area contributed by atoms with Gasteiger partial charge in [-0.05, 0) is 18.2 Å². The number of amides is 1. The number of hydrogen-bond acceptors (Lipinski definition) is 7. The monoisotopic (exact) mass is 400 g/mol. The van der Waals surface area contributed by atoms with E-state index in [9.17, 15) is 9.59 Å². The zero-order valence-electron chi connectivity index (χ0n) is 15.6. The highest BCUT2D eigenvalue weighted by molar-refractivity contribution is 7.99. The molecule has 0 saturated heterocycles. The van der Waals surface area contributed by atoms with Crippen LogP contribution in [0.15, 0.2) is 58.2 Å². The Morgan fingerprint density at radius 1 is 1.14 bits per heavy atom. The van der Waals surface area contributed by atoms with Gasteiger partial charge in [0, 0.05) is 19.2 Å². The number of thioether (sulfide) groups is 1. The molecular formula is C20H20N2O5S. The van der Waals surface area contributed by atoms with Crippen LogP contribution in [0.4, 0.5) is 0 Å². The number of carbonyl (C=O) groups is 2. The Bertz CT molecular complexity index is 939. The van der Waals surface area contributed by atoms with E-state index >= 15 is 0 Å². The Labute approximate surface area is 166 Å². The Morgan fingerprint density at radius 2 is 1.89 bits per heavy atom. The minimum absolute atomic E-state index is 0.0102. The third-order valence-electron chi connectivity index (χ3n) is 3.97. The van der Waals surface area contributed by atoms with Crippen LogP contribution in [0.3, 0.4) is 0 Å². The van der Waals surface area contributed by atoms with Crippen LogP contribution in [0.1, 0.15) is 5.56 Å². The fourth-order valence-corrected chi connectivity index (χ4v) is 3.14. The Balaban J connectivity index is 1.45. The quantitative estimate of drug-likeness (QED) is 0.424. The number of ether oxygens (including phenoxy) is 2. The number of hydrogen-bond donors (Lipinski definition) is 0. The lowest BCUT2D eigenvalue weighted by molar-refractivity contribution is -0.149. The SMILES string of the molecule is COc1ccccc1CN(C)C(=O)COC(=O)CSc1nc2ccccc2o1. The summed E-state index contributed by atoms with van der Waals surface area (Å²) >= 11 is 1.13. The molecule has 0 aliphatic rings. The highest BCUT2D eigenvalue weighted by Crippen LogP contribution is 2.23. The van der Waals surface area contributed by atoms with E-state index < -0.39 is 5.97 Å². The Morgan fingerprint density at radius 3 is 2.68 bits per heavy atom. The Kier molecular flexibility index (Phi) is 6.54. The summed E-state index contributed by atoms with van der Waals surface area (Å²) in [6.45, 7) is 0.0383. The first-order valence-corrected chi connectivity index (χ1v) is 9.55. The average Bonchev–Trinajstić information content (AvgIpc) is 3.13. The molecule has 1 aromatic heterocycles. The molecule has 146 valence electrons. The van der Waals surface area contributed by atoms with Gasteiger partial charge >= 0.3 is 5.97 Å². The lowest BCUT2D eigenvalue weighted by Gasteiger charge is -2.18. The summed E-state index contributed by atoms with van der Waals surface area (Å²) in [7, 11) is 3.23. The van der Waals surface area contributed by atoms with Gasteiger partial charge in [0.1, 0.15) is 17.0 Å². The van der Waals surface area contributed by atoms with Crippen molar-refractivity contribution in [3.05, 3.63) is 54.1 Å². The molecule has 8 heteroatoms. The number of carbonyl (C=O) groups excluding carboxylic acids is 2. The van der Waals surface area contributed by atoms with Crippen molar-refractivity contribution in [1.82, 2.24) is 9.88 Å². The van der Waals surface area contributed by atoms with Gasteiger partial charge in [-0.3, -0.25) is 9.59 Å². The van der Waals surface area contributed by atoms with Crippen LogP contribution in [0.2, 0.25) is 0 Å². The van der Waals surface area contributed by atoms with Gasteiger partial charge in [-0.15, -0.1) is 0 Å². The number of para-hydroxylation sites is 3. The van der Waals surface area contributed by atoms with Gasteiger partial charge in [-0.25, -0.2) is 4.98 Å². The van der Waals surface area contributed by atoms with E-state index in [1.54, 1.807) is 20.2 Å². The number of esters is 1. The second-order valence-corrected chi connectivity index (χ2v) is 6.89. The minimum Gasteiger partial charge on any atom is -0.496 e. The first-order valence-electron chi connectivity index (χ1n) is 8.56. The number of nitrogens with zero attached hydrogens (tertiary/aromatic N) is 2. The van der Waals surface area contributed by atoms with Crippen LogP contribution in [0.25, 0.3) is 11.1 Å². The lowest BCUT2D eigenvalue weighted by Crippen LogP contribution is -2.31. The summed E-state index contributed by atoms with van der Waals surface area (Å²) in [5.41, 5.74) is 2.26. The third-order valence-corrected chi connectivity index (χ3v) is 4.77. The van der Waals surface area contributed by atoms with Crippen LogP contribution in [0.5, 0.6) is 5.75 Å². The van der Waals surface area contributed by atoms with Crippen molar-refractivity contribution in [1.29, 1.82) is 0 Å². The summed E-state index contributed by atoms with van der Waals surface area (Å²) in [6.07, 6.45) is 0. The highest BCUT2D eigenvalue weighted by atomic mass is 32.2. The maximum atomic E-state index is 12.2. The Hall–Kier alpha value is -3.00. The van der Waals surface area contributed by atoms with E-state index in [2.05, 4.69) is 4.98 Å². The highest BCUT2D eigenvalue weighted by Gasteiger charge is 2.15. The molecule has 1 amide bonds. The number of methoxy groups -OCH3 is 1. The predicted molar refractivity (Wildman–Crippen MR) is 105 cm³/mol. The van der Waals surface area contributed by atoms with Crippen molar-refractivity contribution in [2.24, 2.45) is 0 Å².